The Morgan fingerprint density at radius 1 is 1.58 bits per heavy atom. The molecule has 3 heterocycles. The van der Waals surface area contributed by atoms with E-state index in [0.717, 1.165) is 23.7 Å². The van der Waals surface area contributed by atoms with E-state index >= 15 is 0 Å². The summed E-state index contributed by atoms with van der Waals surface area (Å²) < 4.78 is 7.36. The third-order valence-corrected chi connectivity index (χ3v) is 3.24. The monoisotopic (exact) mass is 256 g/mol. The summed E-state index contributed by atoms with van der Waals surface area (Å²) >= 11 is 0. The van der Waals surface area contributed by atoms with Gasteiger partial charge in [-0.25, -0.2) is 4.98 Å². The number of aryl methyl sites for hydroxylation is 1. The van der Waals surface area contributed by atoms with Crippen LogP contribution in [0.2, 0.25) is 0 Å². The lowest BCUT2D eigenvalue weighted by Crippen LogP contribution is -2.02. The molecule has 19 heavy (non-hydrogen) atoms. The SMILES string of the molecule is C=CCOc1cnc2c(c1)C(c1cnn(C)c1)CN2. The molecule has 2 aromatic rings. The molecule has 1 N–H and O–H groups in total. The Bertz CT molecular complexity index is 605. The highest BCUT2D eigenvalue weighted by atomic mass is 16.5. The van der Waals surface area contributed by atoms with E-state index in [1.165, 1.54) is 5.56 Å². The van der Waals surface area contributed by atoms with Crippen LogP contribution in [-0.4, -0.2) is 27.9 Å². The van der Waals surface area contributed by atoms with E-state index in [1.807, 2.05) is 30.2 Å². The molecule has 3 rings (SSSR count). The van der Waals surface area contributed by atoms with Crippen molar-refractivity contribution in [2.24, 2.45) is 7.05 Å². The van der Waals surface area contributed by atoms with E-state index in [2.05, 4.69) is 22.0 Å². The second-order valence-electron chi connectivity index (χ2n) is 4.59. The number of rotatable bonds is 4. The fraction of sp³-hybridized carbons (Fsp3) is 0.286. The van der Waals surface area contributed by atoms with Gasteiger partial charge in [-0.3, -0.25) is 4.68 Å². The maximum absolute atomic E-state index is 5.54. The number of hydrogen-bond acceptors (Lipinski definition) is 4. The minimum Gasteiger partial charge on any atom is -0.488 e. The Balaban J connectivity index is 1.91. The topological polar surface area (TPSA) is 52.0 Å². The van der Waals surface area contributed by atoms with E-state index in [4.69, 9.17) is 4.74 Å². The summed E-state index contributed by atoms with van der Waals surface area (Å²) in [7, 11) is 1.93. The number of hydrogen-bond donors (Lipinski definition) is 1. The third kappa shape index (κ3) is 2.19. The molecule has 2 aromatic heterocycles. The molecule has 5 nitrogen and oxygen atoms in total. The fourth-order valence-corrected chi connectivity index (χ4v) is 2.34. The van der Waals surface area contributed by atoms with E-state index in [9.17, 15) is 0 Å². The van der Waals surface area contributed by atoms with Gasteiger partial charge >= 0.3 is 0 Å². The molecule has 1 aliphatic rings. The maximum Gasteiger partial charge on any atom is 0.138 e. The van der Waals surface area contributed by atoms with Crippen molar-refractivity contribution in [2.45, 2.75) is 5.92 Å². The van der Waals surface area contributed by atoms with Crippen LogP contribution in [0, 0.1) is 0 Å². The number of fused-ring (bicyclic) bond motifs is 1. The first-order chi connectivity index (χ1) is 9.28. The Morgan fingerprint density at radius 2 is 2.47 bits per heavy atom. The molecular formula is C14H16N4O. The van der Waals surface area contributed by atoms with Gasteiger partial charge in [0.2, 0.25) is 0 Å². The average molecular weight is 256 g/mol. The van der Waals surface area contributed by atoms with Crippen LogP contribution in [0.1, 0.15) is 17.0 Å². The van der Waals surface area contributed by atoms with Crippen LogP contribution in [-0.2, 0) is 7.05 Å². The van der Waals surface area contributed by atoms with Crippen molar-refractivity contribution in [1.82, 2.24) is 14.8 Å². The number of ether oxygens (including phenoxy) is 1. The smallest absolute Gasteiger partial charge is 0.138 e. The second kappa shape index (κ2) is 4.76. The van der Waals surface area contributed by atoms with Gasteiger partial charge in [-0.1, -0.05) is 12.7 Å². The number of nitrogens with one attached hydrogen (secondary N) is 1. The quantitative estimate of drug-likeness (QED) is 0.849. The van der Waals surface area contributed by atoms with Gasteiger partial charge in [0.15, 0.2) is 0 Å². The van der Waals surface area contributed by atoms with Crippen molar-refractivity contribution in [2.75, 3.05) is 18.5 Å². The molecule has 98 valence electrons. The molecule has 0 amide bonds. The normalized spacial score (nSPS) is 16.8. The highest BCUT2D eigenvalue weighted by Crippen LogP contribution is 2.36. The molecule has 0 bridgehead atoms. The molecule has 0 aromatic carbocycles. The summed E-state index contributed by atoms with van der Waals surface area (Å²) in [6, 6.07) is 2.05. The zero-order chi connectivity index (χ0) is 13.2. The van der Waals surface area contributed by atoms with Gasteiger partial charge in [0.1, 0.15) is 18.2 Å². The van der Waals surface area contributed by atoms with Crippen LogP contribution in [0.15, 0.2) is 37.3 Å². The van der Waals surface area contributed by atoms with Crippen molar-refractivity contribution in [3.8, 4) is 5.75 Å². The van der Waals surface area contributed by atoms with Crippen LogP contribution in [0.25, 0.3) is 0 Å². The number of anilines is 1. The summed E-state index contributed by atoms with van der Waals surface area (Å²) in [5.74, 6) is 1.99. The Labute approximate surface area is 111 Å². The molecule has 5 heteroatoms. The Morgan fingerprint density at radius 3 is 3.21 bits per heavy atom. The molecule has 1 unspecified atom stereocenters. The zero-order valence-electron chi connectivity index (χ0n) is 10.8. The van der Waals surface area contributed by atoms with Gasteiger partial charge in [-0.15, -0.1) is 0 Å². The average Bonchev–Trinajstić information content (AvgIpc) is 3.01. The van der Waals surface area contributed by atoms with Crippen molar-refractivity contribution in [3.63, 3.8) is 0 Å². The van der Waals surface area contributed by atoms with E-state index in [1.54, 1.807) is 12.3 Å². The largest absolute Gasteiger partial charge is 0.488 e. The lowest BCUT2D eigenvalue weighted by Gasteiger charge is -2.09. The highest BCUT2D eigenvalue weighted by molar-refractivity contribution is 5.57. The number of aromatic nitrogens is 3. The lowest BCUT2D eigenvalue weighted by molar-refractivity contribution is 0.361. The molecule has 0 saturated carbocycles. The predicted octanol–water partition coefficient (Wildman–Crippen LogP) is 1.94. The molecule has 1 aliphatic heterocycles. The third-order valence-electron chi connectivity index (χ3n) is 3.24. The van der Waals surface area contributed by atoms with Gasteiger partial charge in [-0.05, 0) is 11.6 Å². The minimum atomic E-state index is 0.281. The lowest BCUT2D eigenvalue weighted by atomic mass is 9.97. The first-order valence-corrected chi connectivity index (χ1v) is 6.24. The number of nitrogens with zero attached hydrogens (tertiary/aromatic N) is 3. The molecule has 0 radical (unpaired) electrons. The molecule has 0 fully saturated rings. The standard InChI is InChI=1S/C14H16N4O/c1-3-4-19-11-5-12-13(8-16-14(12)15-7-11)10-6-17-18(2)9-10/h3,5-7,9,13H,1,4,8H2,2H3,(H,15,16). The van der Waals surface area contributed by atoms with Crippen molar-refractivity contribution < 1.29 is 4.74 Å². The second-order valence-corrected chi connectivity index (χ2v) is 4.59. The molecule has 0 aliphatic carbocycles. The van der Waals surface area contributed by atoms with Crippen molar-refractivity contribution >= 4 is 5.82 Å². The summed E-state index contributed by atoms with van der Waals surface area (Å²) in [4.78, 5) is 4.40. The van der Waals surface area contributed by atoms with Crippen LogP contribution >= 0.6 is 0 Å². The van der Waals surface area contributed by atoms with Gasteiger partial charge in [0.25, 0.3) is 0 Å². The van der Waals surface area contributed by atoms with Gasteiger partial charge < -0.3 is 10.1 Å². The minimum absolute atomic E-state index is 0.281. The first-order valence-electron chi connectivity index (χ1n) is 6.24. The van der Waals surface area contributed by atoms with Gasteiger partial charge in [-0.2, -0.15) is 5.10 Å². The first kappa shape index (κ1) is 11.8. The van der Waals surface area contributed by atoms with Gasteiger partial charge in [0, 0.05) is 31.3 Å². The van der Waals surface area contributed by atoms with Crippen LogP contribution in [0.3, 0.4) is 0 Å². The Kier molecular flexibility index (Phi) is 2.95. The van der Waals surface area contributed by atoms with Crippen molar-refractivity contribution in [1.29, 1.82) is 0 Å². The van der Waals surface area contributed by atoms with Crippen molar-refractivity contribution in [3.05, 3.63) is 48.4 Å². The molecule has 1 atom stereocenters. The fourth-order valence-electron chi connectivity index (χ4n) is 2.34. The summed E-state index contributed by atoms with van der Waals surface area (Å²) in [5.41, 5.74) is 2.35. The summed E-state index contributed by atoms with van der Waals surface area (Å²) in [6.07, 6.45) is 7.41. The van der Waals surface area contributed by atoms with E-state index in [-0.39, 0.29) is 5.92 Å². The molecule has 0 spiro atoms. The predicted molar refractivity (Wildman–Crippen MR) is 73.5 cm³/mol. The Hall–Kier alpha value is -2.30. The number of pyridine rings is 1. The maximum atomic E-state index is 5.54. The highest BCUT2D eigenvalue weighted by Gasteiger charge is 2.26. The summed E-state index contributed by atoms with van der Waals surface area (Å²) in [5, 5.41) is 7.55. The van der Waals surface area contributed by atoms with Crippen LogP contribution in [0.5, 0.6) is 5.75 Å². The molecule has 0 saturated heterocycles. The van der Waals surface area contributed by atoms with E-state index < -0.39 is 0 Å². The zero-order valence-corrected chi connectivity index (χ0v) is 10.8. The van der Waals surface area contributed by atoms with Crippen LogP contribution in [0.4, 0.5) is 5.82 Å². The van der Waals surface area contributed by atoms with Gasteiger partial charge in [0.05, 0.1) is 12.4 Å². The van der Waals surface area contributed by atoms with Crippen LogP contribution < -0.4 is 10.1 Å². The molecular weight excluding hydrogens is 240 g/mol. The van der Waals surface area contributed by atoms with E-state index in [0.29, 0.717) is 6.61 Å². The summed E-state index contributed by atoms with van der Waals surface area (Å²) in [6.45, 7) is 4.98.